The summed E-state index contributed by atoms with van der Waals surface area (Å²) < 4.78 is 5.91. The molecule has 0 aliphatic carbocycles. The predicted octanol–water partition coefficient (Wildman–Crippen LogP) is 3.08. The molecule has 116 valence electrons. The largest absolute Gasteiger partial charge is 0.489 e. The van der Waals surface area contributed by atoms with Crippen molar-refractivity contribution in [2.75, 3.05) is 0 Å². The van der Waals surface area contributed by atoms with Crippen LogP contribution in [0.25, 0.3) is 0 Å². The minimum absolute atomic E-state index is 0.272. The summed E-state index contributed by atoms with van der Waals surface area (Å²) in [4.78, 5) is 4.35. The maximum absolute atomic E-state index is 5.91. The Bertz CT molecular complexity index is 609. The maximum atomic E-state index is 5.91. The molecule has 22 heavy (non-hydrogen) atoms. The highest BCUT2D eigenvalue weighted by Crippen LogP contribution is 2.20. The minimum atomic E-state index is 0.272. The van der Waals surface area contributed by atoms with Gasteiger partial charge in [0.25, 0.3) is 0 Å². The molecule has 0 saturated heterocycles. The number of hydrogen-bond donors (Lipinski definition) is 2. The van der Waals surface area contributed by atoms with Crippen LogP contribution >= 0.6 is 0 Å². The van der Waals surface area contributed by atoms with Crippen LogP contribution in [-0.2, 0) is 13.2 Å². The lowest BCUT2D eigenvalue weighted by Gasteiger charge is -2.11. The van der Waals surface area contributed by atoms with Gasteiger partial charge in [-0.25, -0.2) is 4.99 Å². The monoisotopic (exact) mass is 297 g/mol. The summed E-state index contributed by atoms with van der Waals surface area (Å²) in [5, 5.41) is 3.08. The van der Waals surface area contributed by atoms with Gasteiger partial charge in [0, 0.05) is 11.6 Å². The van der Waals surface area contributed by atoms with Gasteiger partial charge >= 0.3 is 0 Å². The first-order chi connectivity index (χ1) is 10.6. The highest BCUT2D eigenvalue weighted by Gasteiger charge is 2.03. The molecule has 2 aromatic carbocycles. The number of ether oxygens (including phenoxy) is 1. The Balaban J connectivity index is 2.00. The van der Waals surface area contributed by atoms with E-state index in [1.54, 1.807) is 0 Å². The molecule has 0 aliphatic heterocycles. The molecule has 0 spiro atoms. The van der Waals surface area contributed by atoms with Crippen molar-refractivity contribution in [1.29, 1.82) is 0 Å². The normalized spacial score (nSPS) is 11.5. The fourth-order valence-corrected chi connectivity index (χ4v) is 2.02. The third kappa shape index (κ3) is 5.13. The number of nitrogens with zero attached hydrogens (tertiary/aromatic N) is 1. The summed E-state index contributed by atoms with van der Waals surface area (Å²) in [7, 11) is 0. The molecule has 0 bridgehead atoms. The molecular formula is C18H23N3O. The van der Waals surface area contributed by atoms with E-state index in [1.807, 2.05) is 68.4 Å². The second-order valence-corrected chi connectivity index (χ2v) is 5.38. The molecule has 2 rings (SSSR count). The molecule has 0 unspecified atom stereocenters. The van der Waals surface area contributed by atoms with E-state index in [0.29, 0.717) is 19.1 Å². The zero-order chi connectivity index (χ0) is 15.8. The van der Waals surface area contributed by atoms with Crippen molar-refractivity contribution in [3.05, 3.63) is 65.7 Å². The molecule has 0 aromatic heterocycles. The summed E-state index contributed by atoms with van der Waals surface area (Å²) >= 11 is 0. The average Bonchev–Trinajstić information content (AvgIpc) is 2.52. The first-order valence-corrected chi connectivity index (χ1v) is 7.46. The molecule has 4 nitrogen and oxygen atoms in total. The quantitative estimate of drug-likeness (QED) is 0.636. The molecule has 4 heteroatoms. The van der Waals surface area contributed by atoms with Crippen LogP contribution in [0.15, 0.2) is 59.6 Å². The average molecular weight is 297 g/mol. The van der Waals surface area contributed by atoms with Crippen molar-refractivity contribution < 1.29 is 4.74 Å². The van der Waals surface area contributed by atoms with Gasteiger partial charge in [-0.2, -0.15) is 0 Å². The number of para-hydroxylation sites is 1. The van der Waals surface area contributed by atoms with Gasteiger partial charge in [-0.15, -0.1) is 0 Å². The van der Waals surface area contributed by atoms with Crippen molar-refractivity contribution in [3.63, 3.8) is 0 Å². The van der Waals surface area contributed by atoms with Gasteiger partial charge < -0.3 is 15.8 Å². The van der Waals surface area contributed by atoms with Crippen molar-refractivity contribution >= 4 is 5.96 Å². The molecule has 0 radical (unpaired) electrons. The summed E-state index contributed by atoms with van der Waals surface area (Å²) in [5.74, 6) is 1.29. The Hall–Kier alpha value is -2.49. The Kier molecular flexibility index (Phi) is 5.83. The topological polar surface area (TPSA) is 59.6 Å². The van der Waals surface area contributed by atoms with Crippen LogP contribution in [0.1, 0.15) is 25.0 Å². The van der Waals surface area contributed by atoms with Crippen molar-refractivity contribution in [2.24, 2.45) is 10.7 Å². The van der Waals surface area contributed by atoms with E-state index in [2.05, 4.69) is 10.3 Å². The second-order valence-electron chi connectivity index (χ2n) is 5.38. The van der Waals surface area contributed by atoms with Crippen LogP contribution in [0.5, 0.6) is 5.75 Å². The van der Waals surface area contributed by atoms with Gasteiger partial charge in [0.05, 0.1) is 6.54 Å². The number of nitrogens with one attached hydrogen (secondary N) is 1. The van der Waals surface area contributed by atoms with Crippen molar-refractivity contribution in [1.82, 2.24) is 5.32 Å². The zero-order valence-corrected chi connectivity index (χ0v) is 13.1. The smallest absolute Gasteiger partial charge is 0.189 e. The second kappa shape index (κ2) is 8.08. The zero-order valence-electron chi connectivity index (χ0n) is 13.1. The summed E-state index contributed by atoms with van der Waals surface area (Å²) in [5.41, 5.74) is 8.00. The van der Waals surface area contributed by atoms with Crippen molar-refractivity contribution in [2.45, 2.75) is 33.0 Å². The molecular weight excluding hydrogens is 274 g/mol. The molecule has 0 heterocycles. The number of hydrogen-bond acceptors (Lipinski definition) is 2. The van der Waals surface area contributed by atoms with Crippen LogP contribution in [0.3, 0.4) is 0 Å². The van der Waals surface area contributed by atoms with Crippen LogP contribution < -0.4 is 15.8 Å². The van der Waals surface area contributed by atoms with Crippen LogP contribution in [0.2, 0.25) is 0 Å². The highest BCUT2D eigenvalue weighted by atomic mass is 16.5. The lowest BCUT2D eigenvalue weighted by molar-refractivity contribution is 0.303. The minimum Gasteiger partial charge on any atom is -0.489 e. The number of benzene rings is 2. The first-order valence-electron chi connectivity index (χ1n) is 7.46. The summed E-state index contributed by atoms with van der Waals surface area (Å²) in [6.45, 7) is 5.09. The fourth-order valence-electron chi connectivity index (χ4n) is 2.02. The van der Waals surface area contributed by atoms with Crippen molar-refractivity contribution in [3.8, 4) is 5.75 Å². The first kappa shape index (κ1) is 15.9. The predicted molar refractivity (Wildman–Crippen MR) is 90.8 cm³/mol. The van der Waals surface area contributed by atoms with Gasteiger partial charge in [0.1, 0.15) is 12.4 Å². The van der Waals surface area contributed by atoms with E-state index in [1.165, 1.54) is 0 Å². The SMILES string of the molecule is CC(C)NC(N)=NCc1ccccc1OCc1ccccc1. The fraction of sp³-hybridized carbons (Fsp3) is 0.278. The van der Waals surface area contributed by atoms with E-state index in [0.717, 1.165) is 16.9 Å². The van der Waals surface area contributed by atoms with Crippen LogP contribution in [0.4, 0.5) is 0 Å². The number of aliphatic imine (C=N–C) groups is 1. The Morgan fingerprint density at radius 2 is 1.77 bits per heavy atom. The van der Waals surface area contributed by atoms with E-state index in [9.17, 15) is 0 Å². The Labute approximate surface area is 132 Å². The van der Waals surface area contributed by atoms with Gasteiger partial charge in [0.15, 0.2) is 5.96 Å². The van der Waals surface area contributed by atoms with E-state index < -0.39 is 0 Å². The molecule has 3 N–H and O–H groups in total. The third-order valence-electron chi connectivity index (χ3n) is 3.07. The Morgan fingerprint density at radius 1 is 1.09 bits per heavy atom. The molecule has 0 aliphatic rings. The number of guanidine groups is 1. The molecule has 0 amide bonds. The van der Waals surface area contributed by atoms with Gasteiger partial charge in [0.2, 0.25) is 0 Å². The molecule has 0 saturated carbocycles. The van der Waals surface area contributed by atoms with Crippen LogP contribution in [0, 0.1) is 0 Å². The highest BCUT2D eigenvalue weighted by molar-refractivity contribution is 5.78. The lowest BCUT2D eigenvalue weighted by atomic mass is 10.2. The number of nitrogens with two attached hydrogens (primary N) is 1. The molecule has 2 aromatic rings. The Morgan fingerprint density at radius 3 is 2.50 bits per heavy atom. The lowest BCUT2D eigenvalue weighted by Crippen LogP contribution is -2.36. The van der Waals surface area contributed by atoms with Gasteiger partial charge in [-0.3, -0.25) is 0 Å². The molecule has 0 atom stereocenters. The van der Waals surface area contributed by atoms with E-state index in [4.69, 9.17) is 10.5 Å². The van der Waals surface area contributed by atoms with E-state index >= 15 is 0 Å². The van der Waals surface area contributed by atoms with E-state index in [-0.39, 0.29) is 6.04 Å². The number of rotatable bonds is 6. The summed E-state index contributed by atoms with van der Waals surface area (Å²) in [6.07, 6.45) is 0. The van der Waals surface area contributed by atoms with Gasteiger partial charge in [-0.05, 0) is 25.5 Å². The van der Waals surface area contributed by atoms with Crippen LogP contribution in [-0.4, -0.2) is 12.0 Å². The maximum Gasteiger partial charge on any atom is 0.189 e. The molecule has 0 fully saturated rings. The third-order valence-corrected chi connectivity index (χ3v) is 3.07. The summed E-state index contributed by atoms with van der Waals surface area (Å²) in [6, 6.07) is 18.3. The standard InChI is InChI=1S/C18H23N3O/c1-14(2)21-18(19)20-12-16-10-6-7-11-17(16)22-13-15-8-4-3-5-9-15/h3-11,14H,12-13H2,1-2H3,(H3,19,20,21). The van der Waals surface area contributed by atoms with Gasteiger partial charge in [-0.1, -0.05) is 48.5 Å².